The first kappa shape index (κ1) is 17.0. The van der Waals surface area contributed by atoms with Gasteiger partial charge in [0, 0.05) is 18.3 Å². The molecule has 0 aliphatic carbocycles. The maximum absolute atomic E-state index is 12.5. The van der Waals surface area contributed by atoms with E-state index in [0.717, 1.165) is 30.2 Å². The number of rotatable bonds is 3. The van der Waals surface area contributed by atoms with Crippen molar-refractivity contribution in [2.24, 2.45) is 0 Å². The van der Waals surface area contributed by atoms with Crippen LogP contribution in [-0.4, -0.2) is 25.0 Å². The van der Waals surface area contributed by atoms with Gasteiger partial charge in [0.25, 0.3) is 5.91 Å². The number of esters is 1. The van der Waals surface area contributed by atoms with Crippen LogP contribution in [0.25, 0.3) is 11.0 Å². The molecule has 2 heterocycles. The molecule has 1 aromatic heterocycles. The highest BCUT2D eigenvalue weighted by atomic mass is 16.5. The molecule has 136 valence electrons. The number of ether oxygens (including phenoxy) is 1. The molecule has 0 spiro atoms. The summed E-state index contributed by atoms with van der Waals surface area (Å²) in [6, 6.07) is 15.4. The summed E-state index contributed by atoms with van der Waals surface area (Å²) in [5, 5.41) is 0.384. The van der Waals surface area contributed by atoms with Gasteiger partial charge in [-0.2, -0.15) is 0 Å². The van der Waals surface area contributed by atoms with E-state index < -0.39 is 12.6 Å². The lowest BCUT2D eigenvalue weighted by molar-refractivity contribution is -0.121. The van der Waals surface area contributed by atoms with Crippen LogP contribution in [0.15, 0.2) is 63.8 Å². The summed E-state index contributed by atoms with van der Waals surface area (Å²) in [5.74, 6) is -1.36. The van der Waals surface area contributed by atoms with Gasteiger partial charge in [-0.3, -0.25) is 9.59 Å². The Balaban J connectivity index is 1.49. The number of hydrogen-bond donors (Lipinski definition) is 0. The van der Waals surface area contributed by atoms with E-state index in [2.05, 4.69) is 0 Å². The van der Waals surface area contributed by atoms with E-state index in [1.54, 1.807) is 29.2 Å². The molecule has 0 atom stereocenters. The molecule has 0 saturated carbocycles. The number of hydrogen-bond acceptors (Lipinski definition) is 5. The van der Waals surface area contributed by atoms with Crippen LogP contribution in [0, 0.1) is 0 Å². The van der Waals surface area contributed by atoms with Crippen molar-refractivity contribution in [2.75, 3.05) is 18.1 Å². The highest BCUT2D eigenvalue weighted by Crippen LogP contribution is 2.26. The molecule has 0 radical (unpaired) electrons. The Morgan fingerprint density at radius 3 is 2.74 bits per heavy atom. The standard InChI is InChI=1S/C21H17NO5/c23-17-12-19(27-18-10-4-2-8-15(17)18)21(25)26-13-20(24)22-11-5-7-14-6-1-3-9-16(14)22/h1-4,6,8-10,12H,5,7,11,13H2. The lowest BCUT2D eigenvalue weighted by Crippen LogP contribution is -2.38. The monoisotopic (exact) mass is 363 g/mol. The van der Waals surface area contributed by atoms with Crippen LogP contribution in [0.2, 0.25) is 0 Å². The Kier molecular flexibility index (Phi) is 4.46. The minimum Gasteiger partial charge on any atom is -0.450 e. The summed E-state index contributed by atoms with van der Waals surface area (Å²) < 4.78 is 10.5. The van der Waals surface area contributed by atoms with Crippen molar-refractivity contribution in [3.8, 4) is 0 Å². The first-order valence-corrected chi connectivity index (χ1v) is 8.72. The molecule has 1 aliphatic rings. The Labute approximate surface area is 155 Å². The first-order chi connectivity index (χ1) is 13.1. The Morgan fingerprint density at radius 2 is 1.85 bits per heavy atom. The molecular formula is C21H17NO5. The number of carbonyl (C=O) groups excluding carboxylic acids is 2. The summed E-state index contributed by atoms with van der Waals surface area (Å²) in [4.78, 5) is 38.5. The third-order valence-corrected chi connectivity index (χ3v) is 4.57. The molecular weight excluding hydrogens is 346 g/mol. The molecule has 6 nitrogen and oxygen atoms in total. The van der Waals surface area contributed by atoms with Crippen molar-refractivity contribution in [3.05, 3.63) is 76.1 Å². The van der Waals surface area contributed by atoms with Gasteiger partial charge in [-0.05, 0) is 36.6 Å². The van der Waals surface area contributed by atoms with Crippen LogP contribution in [-0.2, 0) is 16.0 Å². The zero-order chi connectivity index (χ0) is 18.8. The number of anilines is 1. The van der Waals surface area contributed by atoms with Gasteiger partial charge in [0.2, 0.25) is 5.76 Å². The third-order valence-electron chi connectivity index (χ3n) is 4.57. The number of para-hydroxylation sites is 2. The normalized spacial score (nSPS) is 13.3. The van der Waals surface area contributed by atoms with E-state index >= 15 is 0 Å². The average Bonchev–Trinajstić information content (AvgIpc) is 2.71. The fourth-order valence-corrected chi connectivity index (χ4v) is 3.27. The zero-order valence-electron chi connectivity index (χ0n) is 14.5. The van der Waals surface area contributed by atoms with Crippen LogP contribution in [0.4, 0.5) is 5.69 Å². The highest BCUT2D eigenvalue weighted by Gasteiger charge is 2.24. The molecule has 0 bridgehead atoms. The van der Waals surface area contributed by atoms with Gasteiger partial charge in [0.05, 0.1) is 5.39 Å². The predicted octanol–water partition coefficient (Wildman–Crippen LogP) is 2.93. The number of amides is 1. The van der Waals surface area contributed by atoms with E-state index in [9.17, 15) is 14.4 Å². The molecule has 2 aromatic carbocycles. The zero-order valence-corrected chi connectivity index (χ0v) is 14.5. The molecule has 0 N–H and O–H groups in total. The molecule has 3 aromatic rings. The van der Waals surface area contributed by atoms with Gasteiger partial charge >= 0.3 is 5.97 Å². The quantitative estimate of drug-likeness (QED) is 0.669. The summed E-state index contributed by atoms with van der Waals surface area (Å²) in [6.45, 7) is 0.169. The molecule has 27 heavy (non-hydrogen) atoms. The minimum absolute atomic E-state index is 0.217. The third kappa shape index (κ3) is 3.33. The van der Waals surface area contributed by atoms with E-state index in [1.807, 2.05) is 24.3 Å². The predicted molar refractivity (Wildman–Crippen MR) is 99.9 cm³/mol. The second-order valence-corrected chi connectivity index (χ2v) is 6.32. The number of benzene rings is 2. The average molecular weight is 363 g/mol. The van der Waals surface area contributed by atoms with Crippen molar-refractivity contribution in [1.82, 2.24) is 0 Å². The molecule has 6 heteroatoms. The molecule has 0 saturated heterocycles. The number of aryl methyl sites for hydroxylation is 1. The van der Waals surface area contributed by atoms with Crippen LogP contribution in [0.5, 0.6) is 0 Å². The number of nitrogens with zero attached hydrogens (tertiary/aromatic N) is 1. The van der Waals surface area contributed by atoms with Gasteiger partial charge in [-0.15, -0.1) is 0 Å². The molecule has 4 rings (SSSR count). The van der Waals surface area contributed by atoms with E-state index in [0.29, 0.717) is 17.5 Å². The summed E-state index contributed by atoms with van der Waals surface area (Å²) >= 11 is 0. The molecule has 1 amide bonds. The summed E-state index contributed by atoms with van der Waals surface area (Å²) in [7, 11) is 0. The minimum atomic E-state index is -0.837. The van der Waals surface area contributed by atoms with Crippen molar-refractivity contribution >= 4 is 28.5 Å². The smallest absolute Gasteiger partial charge is 0.374 e. The molecule has 1 aliphatic heterocycles. The highest BCUT2D eigenvalue weighted by molar-refractivity contribution is 5.97. The van der Waals surface area contributed by atoms with Crippen LogP contribution in [0.1, 0.15) is 22.5 Å². The van der Waals surface area contributed by atoms with Crippen molar-refractivity contribution in [3.63, 3.8) is 0 Å². The largest absolute Gasteiger partial charge is 0.450 e. The lowest BCUT2D eigenvalue weighted by atomic mass is 10.0. The number of carbonyl (C=O) groups is 2. The van der Waals surface area contributed by atoms with E-state index in [1.165, 1.54) is 0 Å². The van der Waals surface area contributed by atoms with Crippen LogP contribution >= 0.6 is 0 Å². The fourth-order valence-electron chi connectivity index (χ4n) is 3.27. The Bertz CT molecular complexity index is 1090. The molecule has 0 unspecified atom stereocenters. The Hall–Kier alpha value is -3.41. The number of fused-ring (bicyclic) bond motifs is 2. The fraction of sp³-hybridized carbons (Fsp3) is 0.190. The second kappa shape index (κ2) is 7.07. The van der Waals surface area contributed by atoms with Crippen LogP contribution < -0.4 is 10.3 Å². The van der Waals surface area contributed by atoms with Crippen LogP contribution in [0.3, 0.4) is 0 Å². The van der Waals surface area contributed by atoms with Crippen molar-refractivity contribution < 1.29 is 18.7 Å². The van der Waals surface area contributed by atoms with Crippen molar-refractivity contribution in [2.45, 2.75) is 12.8 Å². The Morgan fingerprint density at radius 1 is 1.07 bits per heavy atom. The van der Waals surface area contributed by atoms with Gasteiger partial charge in [0.15, 0.2) is 12.0 Å². The van der Waals surface area contributed by atoms with E-state index in [4.69, 9.17) is 9.15 Å². The van der Waals surface area contributed by atoms with Gasteiger partial charge in [-0.25, -0.2) is 4.79 Å². The maximum Gasteiger partial charge on any atom is 0.374 e. The first-order valence-electron chi connectivity index (χ1n) is 8.72. The molecule has 0 fully saturated rings. The maximum atomic E-state index is 12.5. The topological polar surface area (TPSA) is 76.8 Å². The van der Waals surface area contributed by atoms with Gasteiger partial charge in [-0.1, -0.05) is 30.3 Å². The summed E-state index contributed by atoms with van der Waals surface area (Å²) in [6.07, 6.45) is 1.78. The van der Waals surface area contributed by atoms with Gasteiger partial charge < -0.3 is 14.1 Å². The van der Waals surface area contributed by atoms with Crippen molar-refractivity contribution in [1.29, 1.82) is 0 Å². The van der Waals surface area contributed by atoms with Gasteiger partial charge in [0.1, 0.15) is 5.58 Å². The van der Waals surface area contributed by atoms with E-state index in [-0.39, 0.29) is 17.1 Å². The summed E-state index contributed by atoms with van der Waals surface area (Å²) in [5.41, 5.74) is 1.92. The SMILES string of the molecule is O=C(OCC(=O)N1CCCc2ccccc21)c1cc(=O)c2ccccc2o1. The second-order valence-electron chi connectivity index (χ2n) is 6.32. The lowest BCUT2D eigenvalue weighted by Gasteiger charge is -2.29.